The lowest BCUT2D eigenvalue weighted by Gasteiger charge is -2.42. The number of nitrogens with one attached hydrogen (secondary N) is 1. The molecule has 0 saturated carbocycles. The molecule has 1 aliphatic rings. The molecule has 0 radical (unpaired) electrons. The summed E-state index contributed by atoms with van der Waals surface area (Å²) in [6, 6.07) is 17.9. The number of benzene rings is 3. The molecule has 2 heterocycles. The number of phenols is 1. The van der Waals surface area contributed by atoms with E-state index in [1.54, 1.807) is 47.5 Å². The molecular formula is C32H35F3N4O3. The Labute approximate surface area is 243 Å². The second-order valence-corrected chi connectivity index (χ2v) is 10.2. The fourth-order valence-electron chi connectivity index (χ4n) is 4.84. The molecule has 4 aromatic rings. The molecule has 42 heavy (non-hydrogen) atoms. The number of phenolic OH excluding ortho intramolecular Hbond substituents is 1. The van der Waals surface area contributed by atoms with Gasteiger partial charge in [-0.2, -0.15) is 0 Å². The molecule has 1 aliphatic heterocycles. The standard InChI is InChI=1S/C23H28F3N3O2.C9H7NO/c1-4-11-31-27-19-7-5-17(6-8-19)23(30)29-10-9-28(14-15(29)2)16(3)18-12-20(24)22(26)21(25)13-18;11-8-5-1-3-7-4-2-6-10-9(7)8/h5-8,12-13,15-16,27H,4,9-11,14H2,1-3H3;1-6,11H. The van der Waals surface area contributed by atoms with E-state index < -0.39 is 17.5 Å². The molecule has 10 heteroatoms. The topological polar surface area (TPSA) is 77.9 Å². The second-order valence-electron chi connectivity index (χ2n) is 10.2. The number of piperazine rings is 1. The number of carbonyl (C=O) groups excluding carboxylic acids is 1. The van der Waals surface area contributed by atoms with Crippen LogP contribution in [0.4, 0.5) is 18.9 Å². The van der Waals surface area contributed by atoms with Crippen molar-refractivity contribution < 1.29 is 27.9 Å². The number of aromatic nitrogens is 1. The maximum Gasteiger partial charge on any atom is 0.254 e. The molecule has 1 fully saturated rings. The summed E-state index contributed by atoms with van der Waals surface area (Å²) in [6.45, 7) is 7.94. The summed E-state index contributed by atoms with van der Waals surface area (Å²) in [6.07, 6.45) is 2.57. The van der Waals surface area contributed by atoms with Gasteiger partial charge in [-0.15, -0.1) is 0 Å². The third-order valence-electron chi connectivity index (χ3n) is 7.20. The minimum atomic E-state index is -1.46. The Balaban J connectivity index is 0.000000305. The molecule has 1 amide bonds. The van der Waals surface area contributed by atoms with Crippen molar-refractivity contribution in [3.8, 4) is 5.75 Å². The highest BCUT2D eigenvalue weighted by Crippen LogP contribution is 2.27. The van der Waals surface area contributed by atoms with E-state index in [1.165, 1.54) is 0 Å². The van der Waals surface area contributed by atoms with Gasteiger partial charge in [0.2, 0.25) is 0 Å². The van der Waals surface area contributed by atoms with Crippen molar-refractivity contribution in [1.29, 1.82) is 0 Å². The maximum absolute atomic E-state index is 13.6. The highest BCUT2D eigenvalue weighted by molar-refractivity contribution is 5.94. The molecular weight excluding hydrogens is 545 g/mol. The number of para-hydroxylation sites is 1. The number of hydrogen-bond donors (Lipinski definition) is 2. The van der Waals surface area contributed by atoms with Crippen molar-refractivity contribution in [2.45, 2.75) is 39.3 Å². The Morgan fingerprint density at radius 2 is 1.76 bits per heavy atom. The second kappa shape index (κ2) is 14.2. The predicted molar refractivity (Wildman–Crippen MR) is 157 cm³/mol. The largest absolute Gasteiger partial charge is 0.506 e. The smallest absolute Gasteiger partial charge is 0.254 e. The number of fused-ring (bicyclic) bond motifs is 1. The van der Waals surface area contributed by atoms with E-state index in [0.717, 1.165) is 29.6 Å². The quantitative estimate of drug-likeness (QED) is 0.144. The first-order chi connectivity index (χ1) is 20.2. The van der Waals surface area contributed by atoms with Gasteiger partial charge in [0.25, 0.3) is 5.91 Å². The summed E-state index contributed by atoms with van der Waals surface area (Å²) < 4.78 is 40.5. The average molecular weight is 581 g/mol. The van der Waals surface area contributed by atoms with Crippen LogP contribution in [0, 0.1) is 17.5 Å². The van der Waals surface area contributed by atoms with Crippen LogP contribution in [0.2, 0.25) is 0 Å². The number of halogens is 3. The van der Waals surface area contributed by atoms with Gasteiger partial charge in [0.1, 0.15) is 11.3 Å². The molecule has 0 bridgehead atoms. The van der Waals surface area contributed by atoms with Crippen LogP contribution in [0.1, 0.15) is 49.2 Å². The minimum absolute atomic E-state index is 0.0697. The number of nitrogens with zero attached hydrogens (tertiary/aromatic N) is 3. The number of hydrogen-bond acceptors (Lipinski definition) is 6. The summed E-state index contributed by atoms with van der Waals surface area (Å²) in [5.41, 5.74) is 5.22. The van der Waals surface area contributed by atoms with Crippen LogP contribution in [0.15, 0.2) is 72.9 Å². The fraction of sp³-hybridized carbons (Fsp3) is 0.312. The first-order valence-electron chi connectivity index (χ1n) is 13.9. The minimum Gasteiger partial charge on any atom is -0.506 e. The first kappa shape index (κ1) is 30.8. The first-order valence-corrected chi connectivity index (χ1v) is 13.9. The van der Waals surface area contributed by atoms with Crippen LogP contribution in [0.25, 0.3) is 10.9 Å². The SMILES string of the molecule is CCCONc1ccc(C(=O)N2CCN(C(C)c3cc(F)c(F)c(F)c3)CC2C)cc1.Oc1cccc2cccnc12. The van der Waals surface area contributed by atoms with Crippen LogP contribution in [0.5, 0.6) is 5.75 Å². The Morgan fingerprint density at radius 3 is 2.40 bits per heavy atom. The van der Waals surface area contributed by atoms with E-state index in [-0.39, 0.29) is 23.7 Å². The molecule has 0 aliphatic carbocycles. The van der Waals surface area contributed by atoms with Gasteiger partial charge < -0.3 is 10.0 Å². The molecule has 5 rings (SSSR count). The Bertz CT molecular complexity index is 1470. The molecule has 1 aromatic heterocycles. The zero-order valence-corrected chi connectivity index (χ0v) is 23.9. The number of anilines is 1. The average Bonchev–Trinajstić information content (AvgIpc) is 3.00. The third kappa shape index (κ3) is 7.37. The van der Waals surface area contributed by atoms with Crippen molar-refractivity contribution in [2.75, 3.05) is 31.7 Å². The summed E-state index contributed by atoms with van der Waals surface area (Å²) in [4.78, 5) is 26.1. The van der Waals surface area contributed by atoms with E-state index in [2.05, 4.69) is 10.5 Å². The molecule has 2 unspecified atom stereocenters. The Kier molecular flexibility index (Phi) is 10.4. The highest BCUT2D eigenvalue weighted by Gasteiger charge is 2.31. The number of carbonyl (C=O) groups is 1. The summed E-state index contributed by atoms with van der Waals surface area (Å²) >= 11 is 0. The molecule has 1 saturated heterocycles. The highest BCUT2D eigenvalue weighted by atomic mass is 19.2. The van der Waals surface area contributed by atoms with Gasteiger partial charge >= 0.3 is 0 Å². The van der Waals surface area contributed by atoms with Crippen molar-refractivity contribution >= 4 is 22.5 Å². The zero-order valence-electron chi connectivity index (χ0n) is 23.9. The Hall–Kier alpha value is -4.15. The van der Waals surface area contributed by atoms with Gasteiger partial charge in [0.15, 0.2) is 17.5 Å². The van der Waals surface area contributed by atoms with Crippen molar-refractivity contribution in [3.05, 3.63) is 102 Å². The number of amides is 1. The predicted octanol–water partition coefficient (Wildman–Crippen LogP) is 6.71. The lowest BCUT2D eigenvalue weighted by Crippen LogP contribution is -2.54. The van der Waals surface area contributed by atoms with Crippen LogP contribution in [-0.2, 0) is 4.84 Å². The maximum atomic E-state index is 13.6. The van der Waals surface area contributed by atoms with Crippen LogP contribution >= 0.6 is 0 Å². The molecule has 222 valence electrons. The summed E-state index contributed by atoms with van der Waals surface area (Å²) in [7, 11) is 0. The van der Waals surface area contributed by atoms with E-state index in [4.69, 9.17) is 4.84 Å². The van der Waals surface area contributed by atoms with E-state index in [9.17, 15) is 23.1 Å². The third-order valence-corrected chi connectivity index (χ3v) is 7.20. The lowest BCUT2D eigenvalue weighted by atomic mass is 10.0. The normalized spacial score (nSPS) is 16.0. The van der Waals surface area contributed by atoms with Crippen molar-refractivity contribution in [2.24, 2.45) is 0 Å². The molecule has 0 spiro atoms. The van der Waals surface area contributed by atoms with Crippen molar-refractivity contribution in [3.63, 3.8) is 0 Å². The van der Waals surface area contributed by atoms with Gasteiger partial charge in [-0.3, -0.25) is 25.0 Å². The number of aromatic hydroxyl groups is 1. The van der Waals surface area contributed by atoms with Crippen LogP contribution in [0.3, 0.4) is 0 Å². The summed E-state index contributed by atoms with van der Waals surface area (Å²) in [5, 5.41) is 10.3. The summed E-state index contributed by atoms with van der Waals surface area (Å²) in [5.74, 6) is -3.68. The van der Waals surface area contributed by atoms with E-state index in [1.807, 2.05) is 43.9 Å². The van der Waals surface area contributed by atoms with Gasteiger partial charge in [-0.25, -0.2) is 13.2 Å². The van der Waals surface area contributed by atoms with E-state index in [0.29, 0.717) is 42.9 Å². The number of pyridine rings is 1. The number of rotatable bonds is 7. The van der Waals surface area contributed by atoms with Gasteiger partial charge in [0, 0.05) is 48.9 Å². The molecule has 3 aromatic carbocycles. The molecule has 2 N–H and O–H groups in total. The molecule has 2 atom stereocenters. The van der Waals surface area contributed by atoms with Gasteiger partial charge in [0.05, 0.1) is 12.3 Å². The van der Waals surface area contributed by atoms with Gasteiger partial charge in [-0.1, -0.05) is 25.1 Å². The lowest BCUT2D eigenvalue weighted by molar-refractivity contribution is 0.0405. The van der Waals surface area contributed by atoms with Crippen LogP contribution < -0.4 is 5.48 Å². The van der Waals surface area contributed by atoms with Crippen LogP contribution in [-0.4, -0.2) is 58.1 Å². The zero-order chi connectivity index (χ0) is 30.2. The van der Waals surface area contributed by atoms with Crippen molar-refractivity contribution in [1.82, 2.24) is 14.8 Å². The van der Waals surface area contributed by atoms with E-state index >= 15 is 0 Å². The van der Waals surface area contributed by atoms with Gasteiger partial charge in [-0.05, 0) is 74.4 Å². The molecule has 7 nitrogen and oxygen atoms in total. The monoisotopic (exact) mass is 580 g/mol. The Morgan fingerprint density at radius 1 is 1.07 bits per heavy atom. The fourth-order valence-corrected chi connectivity index (χ4v) is 4.84.